The average Bonchev–Trinajstić information content (AvgIpc) is 3.22. The van der Waals surface area contributed by atoms with E-state index in [9.17, 15) is 9.18 Å². The second-order valence-corrected chi connectivity index (χ2v) is 7.55. The zero-order valence-corrected chi connectivity index (χ0v) is 16.3. The summed E-state index contributed by atoms with van der Waals surface area (Å²) >= 11 is 0. The quantitative estimate of drug-likeness (QED) is 0.718. The van der Waals surface area contributed by atoms with Gasteiger partial charge in [0.15, 0.2) is 17.2 Å². The molecule has 150 valence electrons. The molecule has 1 aromatic heterocycles. The van der Waals surface area contributed by atoms with E-state index in [0.717, 1.165) is 17.1 Å². The Kier molecular flexibility index (Phi) is 4.96. The number of nitrogens with zero attached hydrogens (tertiary/aromatic N) is 2. The highest BCUT2D eigenvalue weighted by Gasteiger charge is 2.25. The summed E-state index contributed by atoms with van der Waals surface area (Å²) in [6.07, 6.45) is 1.63. The number of benzene rings is 2. The topological polar surface area (TPSA) is 65.4 Å². The van der Waals surface area contributed by atoms with E-state index in [1.54, 1.807) is 24.4 Å². The van der Waals surface area contributed by atoms with E-state index in [1.165, 1.54) is 16.8 Å². The first-order valence-corrected chi connectivity index (χ1v) is 9.42. The lowest BCUT2D eigenvalue weighted by Gasteiger charge is -2.27. The van der Waals surface area contributed by atoms with E-state index in [-0.39, 0.29) is 22.8 Å². The minimum atomic E-state index is -0.356. The van der Waals surface area contributed by atoms with Crippen LogP contribution in [0.1, 0.15) is 29.9 Å². The standard InChI is InChI=1S/C22H22FN3O3/c1-22(2,15-6-7-19-20(12-15)29-11-10-28-19)14-24-21(27)18-8-9-26(25-18)17-5-3-4-16(23)13-17/h3-9,12-13H,10-11,14H2,1-2H3,(H,24,27). The lowest BCUT2D eigenvalue weighted by atomic mass is 9.84. The van der Waals surface area contributed by atoms with Crippen molar-refractivity contribution in [1.29, 1.82) is 0 Å². The third kappa shape index (κ3) is 4.08. The molecule has 0 aliphatic carbocycles. The Morgan fingerprint density at radius 3 is 2.72 bits per heavy atom. The Hall–Kier alpha value is -3.35. The van der Waals surface area contributed by atoms with Gasteiger partial charge in [0.25, 0.3) is 5.91 Å². The number of ether oxygens (including phenoxy) is 2. The van der Waals surface area contributed by atoms with Crippen LogP contribution in [0.5, 0.6) is 11.5 Å². The minimum Gasteiger partial charge on any atom is -0.486 e. The van der Waals surface area contributed by atoms with Crippen LogP contribution in [-0.2, 0) is 5.41 Å². The van der Waals surface area contributed by atoms with Crippen LogP contribution >= 0.6 is 0 Å². The zero-order chi connectivity index (χ0) is 20.4. The summed E-state index contributed by atoms with van der Waals surface area (Å²) in [4.78, 5) is 12.6. The lowest BCUT2D eigenvalue weighted by molar-refractivity contribution is 0.0940. The van der Waals surface area contributed by atoms with Gasteiger partial charge in [-0.1, -0.05) is 26.0 Å². The molecule has 0 radical (unpaired) electrons. The van der Waals surface area contributed by atoms with Crippen molar-refractivity contribution < 1.29 is 18.7 Å². The van der Waals surface area contributed by atoms with E-state index in [0.29, 0.717) is 25.4 Å². The number of nitrogens with one attached hydrogen (secondary N) is 1. The Bertz CT molecular complexity index is 1050. The molecular weight excluding hydrogens is 373 g/mol. The fourth-order valence-electron chi connectivity index (χ4n) is 3.17. The van der Waals surface area contributed by atoms with Gasteiger partial charge in [-0.05, 0) is 42.0 Å². The predicted octanol–water partition coefficient (Wildman–Crippen LogP) is 3.49. The Labute approximate surface area is 168 Å². The number of aromatic nitrogens is 2. The monoisotopic (exact) mass is 395 g/mol. The molecule has 0 fully saturated rings. The zero-order valence-electron chi connectivity index (χ0n) is 16.3. The molecule has 1 N–H and O–H groups in total. The summed E-state index contributed by atoms with van der Waals surface area (Å²) in [6.45, 7) is 5.59. The van der Waals surface area contributed by atoms with Crippen LogP contribution in [0.3, 0.4) is 0 Å². The molecule has 0 saturated heterocycles. The molecule has 1 aliphatic rings. The third-order valence-corrected chi connectivity index (χ3v) is 4.91. The van der Waals surface area contributed by atoms with Crippen molar-refractivity contribution in [2.75, 3.05) is 19.8 Å². The molecule has 0 bridgehead atoms. The Balaban J connectivity index is 1.44. The van der Waals surface area contributed by atoms with Gasteiger partial charge < -0.3 is 14.8 Å². The molecule has 1 amide bonds. The number of hydrogen-bond acceptors (Lipinski definition) is 4. The second-order valence-electron chi connectivity index (χ2n) is 7.55. The molecule has 3 aromatic rings. The van der Waals surface area contributed by atoms with Gasteiger partial charge in [0.1, 0.15) is 19.0 Å². The molecule has 0 unspecified atom stereocenters. The number of rotatable bonds is 5. The van der Waals surface area contributed by atoms with Crippen molar-refractivity contribution in [1.82, 2.24) is 15.1 Å². The first-order chi connectivity index (χ1) is 13.9. The number of carbonyl (C=O) groups is 1. The highest BCUT2D eigenvalue weighted by Crippen LogP contribution is 2.34. The number of carbonyl (C=O) groups excluding carboxylic acids is 1. The molecular formula is C22H22FN3O3. The van der Waals surface area contributed by atoms with E-state index < -0.39 is 0 Å². The Morgan fingerprint density at radius 1 is 1.14 bits per heavy atom. The SMILES string of the molecule is CC(C)(CNC(=O)c1ccn(-c2cccc(F)c2)n1)c1ccc2c(c1)OCCO2. The van der Waals surface area contributed by atoms with Gasteiger partial charge in [0.2, 0.25) is 0 Å². The smallest absolute Gasteiger partial charge is 0.271 e. The maximum absolute atomic E-state index is 13.4. The molecule has 29 heavy (non-hydrogen) atoms. The molecule has 0 spiro atoms. The van der Waals surface area contributed by atoms with Gasteiger partial charge in [-0.3, -0.25) is 4.79 Å². The van der Waals surface area contributed by atoms with Gasteiger partial charge >= 0.3 is 0 Å². The van der Waals surface area contributed by atoms with Crippen LogP contribution in [0.25, 0.3) is 5.69 Å². The first-order valence-electron chi connectivity index (χ1n) is 9.42. The summed E-state index contributed by atoms with van der Waals surface area (Å²) < 4.78 is 26.1. The van der Waals surface area contributed by atoms with Crippen LogP contribution in [0.4, 0.5) is 4.39 Å². The number of halogens is 1. The second kappa shape index (κ2) is 7.58. The van der Waals surface area contributed by atoms with Crippen molar-refractivity contribution >= 4 is 5.91 Å². The van der Waals surface area contributed by atoms with Crippen LogP contribution < -0.4 is 14.8 Å². The molecule has 7 heteroatoms. The summed E-state index contributed by atoms with van der Waals surface area (Å²) in [5.74, 6) is 0.820. The molecule has 0 atom stereocenters. The number of hydrogen-bond donors (Lipinski definition) is 1. The summed E-state index contributed by atoms with van der Waals surface area (Å²) in [6, 6.07) is 13.5. The van der Waals surface area contributed by atoms with Crippen molar-refractivity contribution in [2.24, 2.45) is 0 Å². The molecule has 2 heterocycles. The van der Waals surface area contributed by atoms with Gasteiger partial charge in [-0.25, -0.2) is 9.07 Å². The first kappa shape index (κ1) is 19.0. The molecule has 1 aliphatic heterocycles. The largest absolute Gasteiger partial charge is 0.486 e. The predicted molar refractivity (Wildman–Crippen MR) is 106 cm³/mol. The molecule has 6 nitrogen and oxygen atoms in total. The minimum absolute atomic E-state index is 0.271. The normalized spacial score (nSPS) is 13.2. The average molecular weight is 395 g/mol. The van der Waals surface area contributed by atoms with Crippen LogP contribution in [0, 0.1) is 5.82 Å². The van der Waals surface area contributed by atoms with Gasteiger partial charge in [-0.2, -0.15) is 5.10 Å². The number of amides is 1. The molecule has 0 saturated carbocycles. The fourth-order valence-corrected chi connectivity index (χ4v) is 3.17. The number of fused-ring (bicyclic) bond motifs is 1. The summed E-state index contributed by atoms with van der Waals surface area (Å²) in [5, 5.41) is 7.19. The van der Waals surface area contributed by atoms with Crippen molar-refractivity contribution in [3.63, 3.8) is 0 Å². The van der Waals surface area contributed by atoms with Crippen molar-refractivity contribution in [3.8, 4) is 17.2 Å². The van der Waals surface area contributed by atoms with Gasteiger partial charge in [0, 0.05) is 18.2 Å². The van der Waals surface area contributed by atoms with E-state index in [2.05, 4.69) is 10.4 Å². The van der Waals surface area contributed by atoms with Crippen LogP contribution in [-0.4, -0.2) is 35.4 Å². The van der Waals surface area contributed by atoms with E-state index in [1.807, 2.05) is 32.0 Å². The molecule has 2 aromatic carbocycles. The maximum Gasteiger partial charge on any atom is 0.271 e. The third-order valence-electron chi connectivity index (χ3n) is 4.91. The van der Waals surface area contributed by atoms with Gasteiger partial charge in [0.05, 0.1) is 5.69 Å². The summed E-state index contributed by atoms with van der Waals surface area (Å²) in [5.41, 5.74) is 1.54. The highest BCUT2D eigenvalue weighted by molar-refractivity contribution is 5.92. The highest BCUT2D eigenvalue weighted by atomic mass is 19.1. The summed E-state index contributed by atoms with van der Waals surface area (Å²) in [7, 11) is 0. The van der Waals surface area contributed by atoms with Crippen LogP contribution in [0.2, 0.25) is 0 Å². The Morgan fingerprint density at radius 2 is 1.93 bits per heavy atom. The molecule has 4 rings (SSSR count). The fraction of sp³-hybridized carbons (Fsp3) is 0.273. The van der Waals surface area contributed by atoms with Crippen molar-refractivity contribution in [2.45, 2.75) is 19.3 Å². The maximum atomic E-state index is 13.4. The lowest BCUT2D eigenvalue weighted by Crippen LogP contribution is -2.37. The van der Waals surface area contributed by atoms with Crippen LogP contribution in [0.15, 0.2) is 54.7 Å². The van der Waals surface area contributed by atoms with Crippen molar-refractivity contribution in [3.05, 3.63) is 71.8 Å². The van der Waals surface area contributed by atoms with E-state index >= 15 is 0 Å². The van der Waals surface area contributed by atoms with Gasteiger partial charge in [-0.15, -0.1) is 0 Å². The van der Waals surface area contributed by atoms with E-state index in [4.69, 9.17) is 9.47 Å².